The molecular formula is C12H13N3O5S. The molecule has 1 saturated heterocycles. The fourth-order valence-corrected chi connectivity index (χ4v) is 3.72. The second kappa shape index (κ2) is 6.00. The van der Waals surface area contributed by atoms with Crippen LogP contribution in [0.3, 0.4) is 0 Å². The van der Waals surface area contributed by atoms with E-state index in [-0.39, 0.29) is 17.2 Å². The molecule has 1 N–H and O–H groups in total. The second-order valence-electron chi connectivity index (χ2n) is 4.69. The molecule has 0 bridgehead atoms. The topological polar surface area (TPSA) is 119 Å². The van der Waals surface area contributed by atoms with Crippen molar-refractivity contribution in [3.05, 3.63) is 39.9 Å². The predicted octanol–water partition coefficient (Wildman–Crippen LogP) is 0.480. The number of nitrogens with one attached hydrogen (secondary N) is 1. The Morgan fingerprint density at radius 2 is 2.24 bits per heavy atom. The van der Waals surface area contributed by atoms with Crippen LogP contribution in [0.5, 0.6) is 0 Å². The molecule has 1 aliphatic rings. The number of hydrogen-bond acceptors (Lipinski definition) is 6. The third-order valence-corrected chi connectivity index (χ3v) is 4.84. The number of hydrazone groups is 1. The van der Waals surface area contributed by atoms with Gasteiger partial charge in [0.05, 0.1) is 28.6 Å². The van der Waals surface area contributed by atoms with E-state index in [0.29, 0.717) is 12.0 Å². The van der Waals surface area contributed by atoms with E-state index < -0.39 is 26.6 Å². The lowest BCUT2D eigenvalue weighted by Crippen LogP contribution is -2.27. The number of rotatable bonds is 4. The van der Waals surface area contributed by atoms with E-state index in [4.69, 9.17) is 0 Å². The summed E-state index contributed by atoms with van der Waals surface area (Å²) in [5.74, 6) is -1.19. The first-order valence-corrected chi connectivity index (χ1v) is 7.97. The van der Waals surface area contributed by atoms with Gasteiger partial charge in [0.25, 0.3) is 5.69 Å². The minimum Gasteiger partial charge on any atom is -0.273 e. The Labute approximate surface area is 120 Å². The Hall–Kier alpha value is -2.29. The van der Waals surface area contributed by atoms with Crippen molar-refractivity contribution in [3.63, 3.8) is 0 Å². The lowest BCUT2D eigenvalue weighted by atomic mass is 10.1. The van der Waals surface area contributed by atoms with Crippen LogP contribution in [0.1, 0.15) is 12.0 Å². The van der Waals surface area contributed by atoms with Gasteiger partial charge in [0.1, 0.15) is 0 Å². The van der Waals surface area contributed by atoms with Gasteiger partial charge >= 0.3 is 0 Å². The van der Waals surface area contributed by atoms with E-state index in [2.05, 4.69) is 10.5 Å². The maximum Gasteiger partial charge on any atom is 0.270 e. The number of nitro benzene ring substituents is 1. The normalized spacial score (nSPS) is 20.5. The number of nitrogens with zero attached hydrogens (tertiary/aromatic N) is 2. The van der Waals surface area contributed by atoms with Crippen LogP contribution in [-0.4, -0.2) is 37.0 Å². The van der Waals surface area contributed by atoms with Crippen LogP contribution < -0.4 is 5.43 Å². The van der Waals surface area contributed by atoms with Gasteiger partial charge in [0.2, 0.25) is 5.91 Å². The molecule has 0 saturated carbocycles. The largest absolute Gasteiger partial charge is 0.273 e. The molecule has 0 radical (unpaired) electrons. The zero-order valence-electron chi connectivity index (χ0n) is 10.9. The van der Waals surface area contributed by atoms with Crippen LogP contribution in [0, 0.1) is 16.0 Å². The van der Waals surface area contributed by atoms with Gasteiger partial charge in [-0.05, 0) is 6.42 Å². The molecule has 9 heteroatoms. The minimum absolute atomic E-state index is 0.0136. The zero-order chi connectivity index (χ0) is 15.5. The van der Waals surface area contributed by atoms with Crippen molar-refractivity contribution in [2.45, 2.75) is 6.42 Å². The summed E-state index contributed by atoms with van der Waals surface area (Å²) in [6.45, 7) is 0. The van der Waals surface area contributed by atoms with Crippen molar-refractivity contribution >= 4 is 27.6 Å². The van der Waals surface area contributed by atoms with Crippen LogP contribution in [0.25, 0.3) is 0 Å². The van der Waals surface area contributed by atoms with Gasteiger partial charge in [0, 0.05) is 17.7 Å². The molecule has 1 aromatic carbocycles. The Bertz CT molecular complexity index is 699. The summed E-state index contributed by atoms with van der Waals surface area (Å²) in [6.07, 6.45) is 1.56. The van der Waals surface area contributed by atoms with Gasteiger partial charge < -0.3 is 0 Å². The van der Waals surface area contributed by atoms with Crippen LogP contribution in [0.4, 0.5) is 5.69 Å². The first kappa shape index (κ1) is 15.1. The summed E-state index contributed by atoms with van der Waals surface area (Å²) >= 11 is 0. The number of benzene rings is 1. The molecule has 1 aromatic rings. The lowest BCUT2D eigenvalue weighted by Gasteiger charge is -2.04. The second-order valence-corrected chi connectivity index (χ2v) is 6.92. The summed E-state index contributed by atoms with van der Waals surface area (Å²) in [5.41, 5.74) is 2.64. The third kappa shape index (κ3) is 4.09. The molecule has 1 heterocycles. The molecule has 112 valence electrons. The van der Waals surface area contributed by atoms with Gasteiger partial charge in [-0.3, -0.25) is 14.9 Å². The smallest absolute Gasteiger partial charge is 0.270 e. The molecule has 1 amide bonds. The quantitative estimate of drug-likeness (QED) is 0.493. The molecule has 0 aromatic heterocycles. The molecule has 1 fully saturated rings. The van der Waals surface area contributed by atoms with E-state index in [1.807, 2.05) is 0 Å². The summed E-state index contributed by atoms with van der Waals surface area (Å²) in [5, 5.41) is 14.3. The fourth-order valence-electron chi connectivity index (χ4n) is 1.98. The highest BCUT2D eigenvalue weighted by molar-refractivity contribution is 7.91. The molecule has 1 atom stereocenters. The van der Waals surface area contributed by atoms with Gasteiger partial charge in [-0.15, -0.1) is 0 Å². The van der Waals surface area contributed by atoms with Crippen molar-refractivity contribution in [1.82, 2.24) is 5.43 Å². The van der Waals surface area contributed by atoms with Crippen molar-refractivity contribution < 1.29 is 18.1 Å². The van der Waals surface area contributed by atoms with E-state index in [1.54, 1.807) is 6.07 Å². The molecule has 0 spiro atoms. The van der Waals surface area contributed by atoms with Crippen molar-refractivity contribution in [2.24, 2.45) is 11.0 Å². The van der Waals surface area contributed by atoms with E-state index in [9.17, 15) is 23.3 Å². The Kier molecular flexibility index (Phi) is 4.32. The van der Waals surface area contributed by atoms with Crippen LogP contribution in [0.2, 0.25) is 0 Å². The van der Waals surface area contributed by atoms with Crippen molar-refractivity contribution in [3.8, 4) is 0 Å². The third-order valence-electron chi connectivity index (χ3n) is 3.07. The molecule has 21 heavy (non-hydrogen) atoms. The molecule has 0 aliphatic carbocycles. The first-order valence-electron chi connectivity index (χ1n) is 6.15. The highest BCUT2D eigenvalue weighted by Crippen LogP contribution is 2.18. The number of non-ortho nitro benzene ring substituents is 1. The maximum atomic E-state index is 11.7. The number of amides is 1. The summed E-state index contributed by atoms with van der Waals surface area (Å²) in [6, 6.07) is 5.77. The zero-order valence-corrected chi connectivity index (χ0v) is 11.7. The van der Waals surface area contributed by atoms with E-state index >= 15 is 0 Å². The van der Waals surface area contributed by atoms with E-state index in [1.165, 1.54) is 24.4 Å². The molecule has 1 aliphatic heterocycles. The number of sulfone groups is 1. The van der Waals surface area contributed by atoms with Crippen LogP contribution in [-0.2, 0) is 14.6 Å². The minimum atomic E-state index is -3.12. The Morgan fingerprint density at radius 1 is 1.48 bits per heavy atom. The average molecular weight is 311 g/mol. The molecule has 2 rings (SSSR count). The van der Waals surface area contributed by atoms with Crippen LogP contribution in [0.15, 0.2) is 29.4 Å². The number of carbonyl (C=O) groups is 1. The predicted molar refractivity (Wildman–Crippen MR) is 75.6 cm³/mol. The highest BCUT2D eigenvalue weighted by atomic mass is 32.2. The molecular weight excluding hydrogens is 298 g/mol. The Morgan fingerprint density at radius 3 is 2.86 bits per heavy atom. The molecule has 8 nitrogen and oxygen atoms in total. The van der Waals surface area contributed by atoms with E-state index in [0.717, 1.165) is 0 Å². The lowest BCUT2D eigenvalue weighted by molar-refractivity contribution is -0.384. The van der Waals surface area contributed by atoms with Crippen molar-refractivity contribution in [1.29, 1.82) is 0 Å². The monoisotopic (exact) mass is 311 g/mol. The summed E-state index contributed by atoms with van der Waals surface area (Å²) in [7, 11) is -3.12. The van der Waals surface area contributed by atoms with Crippen molar-refractivity contribution in [2.75, 3.05) is 11.5 Å². The molecule has 0 unspecified atom stereocenters. The summed E-state index contributed by atoms with van der Waals surface area (Å²) in [4.78, 5) is 21.8. The number of hydrogen-bond donors (Lipinski definition) is 1. The maximum absolute atomic E-state index is 11.7. The van der Waals surface area contributed by atoms with Gasteiger partial charge in [-0.1, -0.05) is 12.1 Å². The van der Waals surface area contributed by atoms with Gasteiger partial charge in [0.15, 0.2) is 9.84 Å². The standard InChI is InChI=1S/C12H13N3O5S/c16-12(10-4-5-21(19,20)8-10)14-13-7-9-2-1-3-11(6-9)15(17)18/h1-3,6-7,10H,4-5,8H2,(H,14,16)/b13-7-/t10-/m0/s1. The average Bonchev–Trinajstić information content (AvgIpc) is 2.79. The SMILES string of the molecule is O=C(N/N=C\c1cccc([N+](=O)[O-])c1)[C@H]1CCS(=O)(=O)C1. The highest BCUT2D eigenvalue weighted by Gasteiger charge is 2.32. The Balaban J connectivity index is 1.95. The fraction of sp³-hybridized carbons (Fsp3) is 0.333. The first-order chi connectivity index (χ1) is 9.87. The number of carbonyl (C=O) groups excluding carboxylic acids is 1. The van der Waals surface area contributed by atoms with Crippen LogP contribution >= 0.6 is 0 Å². The van der Waals surface area contributed by atoms with Gasteiger partial charge in [-0.25, -0.2) is 13.8 Å². The van der Waals surface area contributed by atoms with Gasteiger partial charge in [-0.2, -0.15) is 5.10 Å². The summed E-state index contributed by atoms with van der Waals surface area (Å²) < 4.78 is 22.5. The number of nitro groups is 1.